The first kappa shape index (κ1) is 17.1. The third-order valence-electron chi connectivity index (χ3n) is 5.45. The van der Waals surface area contributed by atoms with Crippen molar-refractivity contribution in [3.8, 4) is 11.1 Å². The van der Waals surface area contributed by atoms with Gasteiger partial charge in [0, 0.05) is 23.2 Å². The van der Waals surface area contributed by atoms with Crippen LogP contribution in [0.25, 0.3) is 16.8 Å². The van der Waals surface area contributed by atoms with E-state index in [2.05, 4.69) is 36.3 Å². The number of aromatic nitrogens is 3. The minimum atomic E-state index is 0.129. The first-order chi connectivity index (χ1) is 13.6. The highest BCUT2D eigenvalue weighted by molar-refractivity contribution is 6.30. The largest absolute Gasteiger partial charge is 0.294 e. The molecule has 0 bridgehead atoms. The van der Waals surface area contributed by atoms with Crippen LogP contribution in [0.3, 0.4) is 0 Å². The van der Waals surface area contributed by atoms with E-state index >= 15 is 0 Å². The van der Waals surface area contributed by atoms with Crippen molar-refractivity contribution in [1.29, 1.82) is 0 Å². The van der Waals surface area contributed by atoms with E-state index in [1.54, 1.807) is 10.7 Å². The average Bonchev–Trinajstić information content (AvgIpc) is 3.10. The number of hydrogen-bond acceptors (Lipinski definition) is 3. The summed E-state index contributed by atoms with van der Waals surface area (Å²) < 4.78 is 1.70. The molecule has 0 N–H and O–H groups in total. The molecule has 0 fully saturated rings. The number of carbonyl (C=O) groups is 1. The van der Waals surface area contributed by atoms with Crippen molar-refractivity contribution in [1.82, 2.24) is 14.6 Å². The summed E-state index contributed by atoms with van der Waals surface area (Å²) in [5, 5.41) is 5.11. The standard InChI is InChI=1S/C23H18ClN3O/c1-14-2-4-15(5-3-14)17-10-21-20(22(28)11-17)13-27-23(26-21)19(12-25-27)16-6-8-18(24)9-7-16/h2-9,12-13,17H,10-11H2,1H3. The van der Waals surface area contributed by atoms with Gasteiger partial charge in [-0.15, -0.1) is 0 Å². The second kappa shape index (κ2) is 6.57. The number of halogens is 1. The smallest absolute Gasteiger partial charge is 0.166 e. The molecule has 2 aromatic heterocycles. The summed E-state index contributed by atoms with van der Waals surface area (Å²) in [6.07, 6.45) is 4.88. The van der Waals surface area contributed by atoms with E-state index in [-0.39, 0.29) is 11.7 Å². The van der Waals surface area contributed by atoms with Crippen molar-refractivity contribution in [3.63, 3.8) is 0 Å². The molecule has 138 valence electrons. The predicted octanol–water partition coefficient (Wildman–Crippen LogP) is 5.27. The lowest BCUT2D eigenvalue weighted by atomic mass is 9.82. The Bertz CT molecular complexity index is 1190. The highest BCUT2D eigenvalue weighted by Crippen LogP contribution is 2.33. The quantitative estimate of drug-likeness (QED) is 0.470. The number of carbonyl (C=O) groups excluding carboxylic acids is 1. The van der Waals surface area contributed by atoms with Crippen molar-refractivity contribution >= 4 is 23.0 Å². The molecule has 4 nitrogen and oxygen atoms in total. The van der Waals surface area contributed by atoms with Gasteiger partial charge in [0.05, 0.1) is 17.5 Å². The van der Waals surface area contributed by atoms with Gasteiger partial charge in [0.25, 0.3) is 0 Å². The van der Waals surface area contributed by atoms with Crippen LogP contribution in [-0.4, -0.2) is 20.4 Å². The molecule has 1 atom stereocenters. The van der Waals surface area contributed by atoms with Crippen LogP contribution in [0.15, 0.2) is 60.9 Å². The Morgan fingerprint density at radius 3 is 2.50 bits per heavy atom. The van der Waals surface area contributed by atoms with Gasteiger partial charge in [0.2, 0.25) is 0 Å². The zero-order valence-electron chi connectivity index (χ0n) is 15.4. The number of fused-ring (bicyclic) bond motifs is 2. The number of nitrogens with zero attached hydrogens (tertiary/aromatic N) is 3. The molecule has 2 heterocycles. The maximum absolute atomic E-state index is 12.8. The number of benzene rings is 2. The Morgan fingerprint density at radius 1 is 1.00 bits per heavy atom. The Balaban J connectivity index is 1.58. The fraction of sp³-hybridized carbons (Fsp3) is 0.174. The molecule has 5 heteroatoms. The van der Waals surface area contributed by atoms with Crippen molar-refractivity contribution in [2.75, 3.05) is 0 Å². The predicted molar refractivity (Wildman–Crippen MR) is 110 cm³/mol. The van der Waals surface area contributed by atoms with Gasteiger partial charge in [-0.05, 0) is 42.5 Å². The molecule has 0 amide bonds. The van der Waals surface area contributed by atoms with E-state index in [1.807, 2.05) is 30.5 Å². The van der Waals surface area contributed by atoms with Crippen LogP contribution in [0.2, 0.25) is 5.02 Å². The minimum absolute atomic E-state index is 0.129. The van der Waals surface area contributed by atoms with E-state index in [1.165, 1.54) is 11.1 Å². The summed E-state index contributed by atoms with van der Waals surface area (Å²) >= 11 is 6.01. The Hall–Kier alpha value is -2.98. The van der Waals surface area contributed by atoms with E-state index in [4.69, 9.17) is 16.6 Å². The van der Waals surface area contributed by atoms with E-state index in [0.717, 1.165) is 28.9 Å². The van der Waals surface area contributed by atoms with Crippen molar-refractivity contribution < 1.29 is 4.79 Å². The molecule has 5 rings (SSSR count). The van der Waals surface area contributed by atoms with Crippen LogP contribution in [0, 0.1) is 6.92 Å². The molecule has 0 saturated carbocycles. The lowest BCUT2D eigenvalue weighted by molar-refractivity contribution is 0.0962. The van der Waals surface area contributed by atoms with Gasteiger partial charge in [0.15, 0.2) is 11.4 Å². The summed E-state index contributed by atoms with van der Waals surface area (Å²) in [5.41, 5.74) is 6.65. The third-order valence-corrected chi connectivity index (χ3v) is 5.70. The van der Waals surface area contributed by atoms with Crippen molar-refractivity contribution in [3.05, 3.63) is 88.3 Å². The molecule has 1 aliphatic rings. The maximum atomic E-state index is 12.8. The molecule has 2 aromatic carbocycles. The third kappa shape index (κ3) is 2.90. The Labute approximate surface area is 167 Å². The number of aryl methyl sites for hydroxylation is 1. The van der Waals surface area contributed by atoms with Gasteiger partial charge in [-0.2, -0.15) is 5.10 Å². The molecule has 0 saturated heterocycles. The van der Waals surface area contributed by atoms with Gasteiger partial charge in [0.1, 0.15) is 0 Å². The monoisotopic (exact) mass is 387 g/mol. The summed E-state index contributed by atoms with van der Waals surface area (Å²) in [4.78, 5) is 17.7. The molecule has 0 spiro atoms. The van der Waals surface area contributed by atoms with E-state index in [0.29, 0.717) is 17.0 Å². The summed E-state index contributed by atoms with van der Waals surface area (Å²) in [7, 11) is 0. The summed E-state index contributed by atoms with van der Waals surface area (Å²) in [6, 6.07) is 16.1. The van der Waals surface area contributed by atoms with E-state index in [9.17, 15) is 4.79 Å². The van der Waals surface area contributed by atoms with Gasteiger partial charge in [-0.1, -0.05) is 53.6 Å². The normalized spacial score (nSPS) is 16.4. The van der Waals surface area contributed by atoms with Gasteiger partial charge in [-0.3, -0.25) is 4.79 Å². The van der Waals surface area contributed by atoms with Crippen LogP contribution in [-0.2, 0) is 6.42 Å². The van der Waals surface area contributed by atoms with Crippen molar-refractivity contribution in [2.24, 2.45) is 0 Å². The molecule has 1 unspecified atom stereocenters. The summed E-state index contributed by atoms with van der Waals surface area (Å²) in [5.74, 6) is 0.294. The van der Waals surface area contributed by atoms with Gasteiger partial charge >= 0.3 is 0 Å². The molecule has 4 aromatic rings. The first-order valence-corrected chi connectivity index (χ1v) is 9.69. The van der Waals surface area contributed by atoms with Crippen LogP contribution in [0.5, 0.6) is 0 Å². The fourth-order valence-corrected chi connectivity index (χ4v) is 4.01. The number of rotatable bonds is 2. The molecular formula is C23H18ClN3O. The molecule has 1 aliphatic carbocycles. The van der Waals surface area contributed by atoms with Crippen LogP contribution >= 0.6 is 11.6 Å². The summed E-state index contributed by atoms with van der Waals surface area (Å²) in [6.45, 7) is 2.07. The fourth-order valence-electron chi connectivity index (χ4n) is 3.88. The highest BCUT2D eigenvalue weighted by Gasteiger charge is 2.28. The Morgan fingerprint density at radius 2 is 1.75 bits per heavy atom. The molecule has 0 radical (unpaired) electrons. The van der Waals surface area contributed by atoms with Crippen LogP contribution in [0.1, 0.15) is 39.5 Å². The van der Waals surface area contributed by atoms with Gasteiger partial charge in [-0.25, -0.2) is 9.50 Å². The van der Waals surface area contributed by atoms with Gasteiger partial charge < -0.3 is 0 Å². The van der Waals surface area contributed by atoms with Crippen LogP contribution < -0.4 is 0 Å². The van der Waals surface area contributed by atoms with E-state index < -0.39 is 0 Å². The lowest BCUT2D eigenvalue weighted by Crippen LogP contribution is -2.21. The van der Waals surface area contributed by atoms with Crippen molar-refractivity contribution in [2.45, 2.75) is 25.7 Å². The minimum Gasteiger partial charge on any atom is -0.294 e. The Kier molecular flexibility index (Phi) is 4.02. The van der Waals surface area contributed by atoms with Crippen LogP contribution in [0.4, 0.5) is 0 Å². The zero-order valence-corrected chi connectivity index (χ0v) is 16.1. The first-order valence-electron chi connectivity index (χ1n) is 9.31. The number of ketones is 1. The second-order valence-electron chi connectivity index (χ2n) is 7.37. The highest BCUT2D eigenvalue weighted by atomic mass is 35.5. The molecule has 28 heavy (non-hydrogen) atoms. The number of Topliss-reactive ketones (excluding diaryl/α,β-unsaturated/α-hetero) is 1. The number of hydrogen-bond donors (Lipinski definition) is 0. The molecule has 0 aliphatic heterocycles. The SMILES string of the molecule is Cc1ccc(C2CC(=O)c3cn4ncc(-c5ccc(Cl)cc5)c4nc3C2)cc1. The molecular weight excluding hydrogens is 370 g/mol. The topological polar surface area (TPSA) is 47.3 Å². The average molecular weight is 388 g/mol. The maximum Gasteiger partial charge on any atom is 0.166 e. The zero-order chi connectivity index (χ0) is 19.3. The second-order valence-corrected chi connectivity index (χ2v) is 7.81. The lowest BCUT2D eigenvalue weighted by Gasteiger charge is -2.23.